The van der Waals surface area contributed by atoms with Crippen molar-refractivity contribution in [1.82, 2.24) is 14.5 Å². The highest BCUT2D eigenvalue weighted by Crippen LogP contribution is 2.41. The summed E-state index contributed by atoms with van der Waals surface area (Å²) < 4.78 is 21.4. The van der Waals surface area contributed by atoms with Crippen molar-refractivity contribution in [3.05, 3.63) is 72.1 Å². The molecule has 224 valence electrons. The van der Waals surface area contributed by atoms with Crippen LogP contribution in [0.4, 0.5) is 0 Å². The smallest absolute Gasteiger partial charge is 0.261 e. The number of aromatic nitrogens is 2. The summed E-state index contributed by atoms with van der Waals surface area (Å²) in [5, 5.41) is 1.85. The van der Waals surface area contributed by atoms with Gasteiger partial charge in [0.05, 0.1) is 30.5 Å². The molecule has 2 fully saturated rings. The summed E-state index contributed by atoms with van der Waals surface area (Å²) in [4.78, 5) is 31.6. The Hall–Kier alpha value is -3.72. The molecule has 7 rings (SSSR count). The quantitative estimate of drug-likeness (QED) is 0.235. The fourth-order valence-electron chi connectivity index (χ4n) is 7.13. The molecule has 1 spiro atoms. The predicted octanol–water partition coefficient (Wildman–Crippen LogP) is 6.29. The molecule has 2 aromatic carbocycles. The molecule has 4 aromatic rings. The van der Waals surface area contributed by atoms with E-state index in [0.29, 0.717) is 30.9 Å². The van der Waals surface area contributed by atoms with Gasteiger partial charge in [-0.2, -0.15) is 0 Å². The van der Waals surface area contributed by atoms with Crippen LogP contribution in [0.2, 0.25) is 0 Å². The number of fused-ring (bicyclic) bond motifs is 2. The van der Waals surface area contributed by atoms with Crippen LogP contribution in [0.3, 0.4) is 0 Å². The zero-order valence-electron chi connectivity index (χ0n) is 24.9. The lowest BCUT2D eigenvalue weighted by Crippen LogP contribution is -2.37. The highest BCUT2D eigenvalue weighted by molar-refractivity contribution is 6.50. The summed E-state index contributed by atoms with van der Waals surface area (Å²) in [6.45, 7) is 3.85. The second-order valence-electron chi connectivity index (χ2n) is 12.1. The minimum atomic E-state index is -0.418. The number of hydrogen-bond donors (Lipinski definition) is 1. The number of benzene rings is 2. The van der Waals surface area contributed by atoms with Gasteiger partial charge >= 0.3 is 0 Å². The monoisotopic (exact) mass is 581 g/mol. The number of rotatable bonds is 9. The van der Waals surface area contributed by atoms with E-state index >= 15 is 0 Å². The number of imide groups is 1. The number of ether oxygens (including phenoxy) is 3. The Morgan fingerprint density at radius 1 is 0.977 bits per heavy atom. The van der Waals surface area contributed by atoms with Crippen LogP contribution in [-0.2, 0) is 30.3 Å². The first-order chi connectivity index (χ1) is 21.0. The number of nitrogens with zero attached hydrogens (tertiary/aromatic N) is 2. The Morgan fingerprint density at radius 3 is 2.49 bits per heavy atom. The molecule has 43 heavy (non-hydrogen) atoms. The normalized spacial score (nSPS) is 21.3. The zero-order chi connectivity index (χ0) is 29.6. The maximum absolute atomic E-state index is 13.6. The van der Waals surface area contributed by atoms with Crippen LogP contribution in [0.1, 0.15) is 63.0 Å². The predicted molar refractivity (Wildman–Crippen MR) is 166 cm³/mol. The Labute approximate surface area is 251 Å². The van der Waals surface area contributed by atoms with E-state index in [0.717, 1.165) is 71.5 Å². The SMILES string of the molecule is CCCC(OCCn1cc(C2=C(c3c[nH]c4ccccc34)C(=O)N(C)C2=O)c2ccccc21)C1COC2(CCCCC2)O1. The van der Waals surface area contributed by atoms with Gasteiger partial charge in [-0.1, -0.05) is 56.2 Å². The van der Waals surface area contributed by atoms with E-state index in [9.17, 15) is 9.59 Å². The Bertz CT molecular complexity index is 1710. The van der Waals surface area contributed by atoms with E-state index in [1.165, 1.54) is 11.3 Å². The van der Waals surface area contributed by atoms with Crippen molar-refractivity contribution >= 4 is 44.8 Å². The molecule has 2 unspecified atom stereocenters. The summed E-state index contributed by atoms with van der Waals surface area (Å²) in [5.41, 5.74) is 4.29. The number of carbonyl (C=O) groups is 2. The highest BCUT2D eigenvalue weighted by atomic mass is 16.8. The summed E-state index contributed by atoms with van der Waals surface area (Å²) >= 11 is 0. The van der Waals surface area contributed by atoms with Crippen LogP contribution in [-0.4, -0.2) is 64.5 Å². The number of carbonyl (C=O) groups excluding carboxylic acids is 2. The fourth-order valence-corrected chi connectivity index (χ4v) is 7.13. The van der Waals surface area contributed by atoms with Crippen LogP contribution >= 0.6 is 0 Å². The molecule has 1 N–H and O–H groups in total. The van der Waals surface area contributed by atoms with Crippen molar-refractivity contribution in [1.29, 1.82) is 0 Å². The fraction of sp³-hybridized carbons (Fsp3) is 0.429. The van der Waals surface area contributed by atoms with Crippen LogP contribution in [0.25, 0.3) is 33.0 Å². The van der Waals surface area contributed by atoms with Crippen molar-refractivity contribution in [3.63, 3.8) is 0 Å². The van der Waals surface area contributed by atoms with Gasteiger partial charge in [0.1, 0.15) is 6.10 Å². The van der Waals surface area contributed by atoms with Crippen molar-refractivity contribution in [2.24, 2.45) is 0 Å². The van der Waals surface area contributed by atoms with Gasteiger partial charge in [-0.05, 0) is 31.4 Å². The Kier molecular flexibility index (Phi) is 7.45. The van der Waals surface area contributed by atoms with Crippen molar-refractivity contribution in [2.75, 3.05) is 20.3 Å². The molecule has 1 saturated carbocycles. The van der Waals surface area contributed by atoms with Crippen LogP contribution in [0, 0.1) is 0 Å². The largest absolute Gasteiger partial charge is 0.374 e. The van der Waals surface area contributed by atoms with Crippen molar-refractivity contribution in [2.45, 2.75) is 76.4 Å². The first-order valence-corrected chi connectivity index (χ1v) is 15.6. The molecular weight excluding hydrogens is 542 g/mol. The van der Waals surface area contributed by atoms with Gasteiger partial charge in [-0.3, -0.25) is 14.5 Å². The molecule has 0 radical (unpaired) electrons. The lowest BCUT2D eigenvalue weighted by atomic mass is 9.94. The number of aromatic amines is 1. The summed E-state index contributed by atoms with van der Waals surface area (Å²) in [7, 11) is 1.56. The first-order valence-electron chi connectivity index (χ1n) is 15.6. The zero-order valence-corrected chi connectivity index (χ0v) is 24.9. The lowest BCUT2D eigenvalue weighted by molar-refractivity contribution is -0.199. The van der Waals surface area contributed by atoms with Crippen LogP contribution in [0.5, 0.6) is 0 Å². The number of hydrogen-bond acceptors (Lipinski definition) is 5. The van der Waals surface area contributed by atoms with Crippen LogP contribution < -0.4 is 0 Å². The summed E-state index contributed by atoms with van der Waals surface area (Å²) in [6.07, 6.45) is 11.1. The molecular formula is C35H39N3O5. The van der Waals surface area contributed by atoms with Crippen molar-refractivity contribution in [3.8, 4) is 0 Å². The highest BCUT2D eigenvalue weighted by Gasteiger charge is 2.45. The van der Waals surface area contributed by atoms with Gasteiger partial charge in [0.15, 0.2) is 5.79 Å². The standard InChI is InChI=1S/C35H39N3O5/c1-3-11-29(30-22-42-35(43-30)16-9-4-10-17-35)41-19-18-38-21-26(24-13-6-8-15-28(24)38)32-31(33(39)37(2)34(32)40)25-20-36-27-14-7-5-12-23(25)27/h5-8,12-15,20-21,29-30,36H,3-4,9-11,16-19,22H2,1-2H3. The van der Waals surface area contributed by atoms with E-state index in [1.54, 1.807) is 7.05 Å². The van der Waals surface area contributed by atoms with Gasteiger partial charge in [-0.25, -0.2) is 0 Å². The van der Waals surface area contributed by atoms with Gasteiger partial charge in [0.25, 0.3) is 11.8 Å². The van der Waals surface area contributed by atoms with E-state index in [1.807, 2.05) is 54.9 Å². The average Bonchev–Trinajstić information content (AvgIpc) is 3.78. The van der Waals surface area contributed by atoms with Crippen molar-refractivity contribution < 1.29 is 23.8 Å². The molecule has 4 heterocycles. The molecule has 3 aliphatic rings. The molecule has 8 heteroatoms. The minimum absolute atomic E-state index is 0.0357. The number of likely N-dealkylation sites (N-methyl/N-ethyl adjacent to an activating group) is 1. The van der Waals surface area contributed by atoms with E-state index in [4.69, 9.17) is 14.2 Å². The number of para-hydroxylation sites is 2. The summed E-state index contributed by atoms with van der Waals surface area (Å²) in [5.74, 6) is -0.998. The van der Waals surface area contributed by atoms with E-state index in [2.05, 4.69) is 22.5 Å². The molecule has 2 atom stereocenters. The Morgan fingerprint density at radius 2 is 1.70 bits per heavy atom. The molecule has 2 aromatic heterocycles. The molecule has 0 bridgehead atoms. The molecule has 1 saturated heterocycles. The van der Waals surface area contributed by atoms with Crippen LogP contribution in [0.15, 0.2) is 60.9 Å². The third-order valence-corrected chi connectivity index (χ3v) is 9.35. The van der Waals surface area contributed by atoms with Gasteiger partial charge in [0.2, 0.25) is 0 Å². The maximum Gasteiger partial charge on any atom is 0.261 e. The second kappa shape index (κ2) is 11.4. The third-order valence-electron chi connectivity index (χ3n) is 9.35. The van der Waals surface area contributed by atoms with E-state index < -0.39 is 5.79 Å². The van der Waals surface area contributed by atoms with Gasteiger partial charge < -0.3 is 23.8 Å². The Balaban J connectivity index is 1.18. The number of H-pyrrole nitrogens is 1. The number of amides is 2. The van der Waals surface area contributed by atoms with E-state index in [-0.39, 0.29) is 24.0 Å². The first kappa shape index (κ1) is 28.1. The maximum atomic E-state index is 13.6. The van der Waals surface area contributed by atoms with Gasteiger partial charge in [0, 0.05) is 71.8 Å². The molecule has 8 nitrogen and oxygen atoms in total. The third kappa shape index (κ3) is 4.91. The topological polar surface area (TPSA) is 85.8 Å². The second-order valence-corrected chi connectivity index (χ2v) is 12.1. The summed E-state index contributed by atoms with van der Waals surface area (Å²) in [6, 6.07) is 15.9. The molecule has 2 amide bonds. The number of nitrogens with one attached hydrogen (secondary N) is 1. The molecule has 1 aliphatic carbocycles. The lowest BCUT2D eigenvalue weighted by Gasteiger charge is -2.32. The average molecular weight is 582 g/mol. The minimum Gasteiger partial charge on any atom is -0.374 e. The van der Waals surface area contributed by atoms with Gasteiger partial charge in [-0.15, -0.1) is 0 Å². The molecule has 2 aliphatic heterocycles.